The number of nitrogens with zero attached hydrogens (tertiary/aromatic N) is 1. The van der Waals surface area contributed by atoms with E-state index in [1.54, 1.807) is 0 Å². The Balaban J connectivity index is 2.63. The van der Waals surface area contributed by atoms with Crippen molar-refractivity contribution in [2.75, 3.05) is 13.1 Å². The highest BCUT2D eigenvalue weighted by Crippen LogP contribution is 2.32. The Morgan fingerprint density at radius 1 is 1.27 bits per heavy atom. The fraction of sp³-hybridized carbons (Fsp3) is 0.692. The van der Waals surface area contributed by atoms with E-state index in [0.717, 1.165) is 25.9 Å². The first-order valence-electron chi connectivity index (χ1n) is 5.85. The smallest absolute Gasteiger partial charge is 0.0189 e. The van der Waals surface area contributed by atoms with E-state index in [0.29, 0.717) is 6.04 Å². The lowest BCUT2D eigenvalue weighted by Gasteiger charge is -2.44. The van der Waals surface area contributed by atoms with Gasteiger partial charge in [-0.1, -0.05) is 12.2 Å². The molecular formula is C13H24N2. The molecule has 1 fully saturated rings. The lowest BCUT2D eigenvalue weighted by atomic mass is 9.79. The molecule has 0 bridgehead atoms. The van der Waals surface area contributed by atoms with Gasteiger partial charge in [0.2, 0.25) is 0 Å². The average Bonchev–Trinajstić information content (AvgIpc) is 2.23. The molecule has 0 aromatic carbocycles. The van der Waals surface area contributed by atoms with Gasteiger partial charge in [0.15, 0.2) is 0 Å². The summed E-state index contributed by atoms with van der Waals surface area (Å²) in [4.78, 5) is 2.46. The lowest BCUT2D eigenvalue weighted by Crippen LogP contribution is -2.50. The Hall–Kier alpha value is -0.600. The van der Waals surface area contributed by atoms with Gasteiger partial charge in [-0.05, 0) is 32.6 Å². The second kappa shape index (κ2) is 5.47. The minimum atomic E-state index is 0.290. The standard InChI is InChI=1S/C13H24N2/c1-4-10-15(11-5-2)13(3)8-6-12(14)7-9-13/h4-5,12H,1-2,6-11,14H2,3H3. The van der Waals surface area contributed by atoms with Crippen LogP contribution in [-0.4, -0.2) is 29.6 Å². The van der Waals surface area contributed by atoms with Crippen molar-refractivity contribution in [3.63, 3.8) is 0 Å². The van der Waals surface area contributed by atoms with Gasteiger partial charge in [-0.15, -0.1) is 13.2 Å². The van der Waals surface area contributed by atoms with Crippen LogP contribution < -0.4 is 5.73 Å². The molecule has 0 unspecified atom stereocenters. The van der Waals surface area contributed by atoms with E-state index in [2.05, 4.69) is 25.0 Å². The molecule has 1 aliphatic carbocycles. The maximum absolute atomic E-state index is 5.95. The average molecular weight is 208 g/mol. The Bertz CT molecular complexity index is 205. The molecule has 1 aliphatic rings. The van der Waals surface area contributed by atoms with Crippen molar-refractivity contribution in [3.05, 3.63) is 25.3 Å². The highest BCUT2D eigenvalue weighted by molar-refractivity contribution is 4.96. The SMILES string of the molecule is C=CCN(CC=C)C1(C)CCC(N)CC1. The van der Waals surface area contributed by atoms with Gasteiger partial charge in [0, 0.05) is 24.7 Å². The second-order valence-corrected chi connectivity index (χ2v) is 4.82. The summed E-state index contributed by atoms with van der Waals surface area (Å²) in [5, 5.41) is 0. The van der Waals surface area contributed by atoms with Crippen LogP contribution in [0.25, 0.3) is 0 Å². The molecule has 1 saturated carbocycles. The molecular weight excluding hydrogens is 184 g/mol. The first-order valence-corrected chi connectivity index (χ1v) is 5.85. The topological polar surface area (TPSA) is 29.3 Å². The molecule has 1 rings (SSSR count). The summed E-state index contributed by atoms with van der Waals surface area (Å²) < 4.78 is 0. The molecule has 0 aromatic heterocycles. The van der Waals surface area contributed by atoms with E-state index < -0.39 is 0 Å². The van der Waals surface area contributed by atoms with Gasteiger partial charge in [-0.2, -0.15) is 0 Å². The predicted molar refractivity (Wildman–Crippen MR) is 66.8 cm³/mol. The Morgan fingerprint density at radius 3 is 2.13 bits per heavy atom. The fourth-order valence-corrected chi connectivity index (χ4v) is 2.41. The molecule has 86 valence electrons. The molecule has 2 N–H and O–H groups in total. The highest BCUT2D eigenvalue weighted by Gasteiger charge is 2.34. The largest absolute Gasteiger partial charge is 0.328 e. The normalized spacial score (nSPS) is 31.5. The van der Waals surface area contributed by atoms with Gasteiger partial charge in [0.05, 0.1) is 0 Å². The Kier molecular flexibility index (Phi) is 4.55. The maximum Gasteiger partial charge on any atom is 0.0189 e. The Labute approximate surface area is 93.8 Å². The fourth-order valence-electron chi connectivity index (χ4n) is 2.41. The van der Waals surface area contributed by atoms with Gasteiger partial charge in [0.25, 0.3) is 0 Å². The number of nitrogens with two attached hydrogens (primary N) is 1. The summed E-state index contributed by atoms with van der Waals surface area (Å²) in [6.07, 6.45) is 8.61. The molecule has 0 radical (unpaired) electrons. The predicted octanol–water partition coefficient (Wildman–Crippen LogP) is 2.32. The molecule has 15 heavy (non-hydrogen) atoms. The van der Waals surface area contributed by atoms with Crippen molar-refractivity contribution < 1.29 is 0 Å². The van der Waals surface area contributed by atoms with Crippen LogP contribution in [0.5, 0.6) is 0 Å². The summed E-state index contributed by atoms with van der Waals surface area (Å²) in [5.74, 6) is 0. The van der Waals surface area contributed by atoms with Crippen molar-refractivity contribution in [1.82, 2.24) is 4.90 Å². The molecule has 0 amide bonds. The monoisotopic (exact) mass is 208 g/mol. The molecule has 0 atom stereocenters. The first kappa shape index (κ1) is 12.5. The van der Waals surface area contributed by atoms with Gasteiger partial charge in [0.1, 0.15) is 0 Å². The minimum absolute atomic E-state index is 0.290. The van der Waals surface area contributed by atoms with E-state index in [-0.39, 0.29) is 5.54 Å². The second-order valence-electron chi connectivity index (χ2n) is 4.82. The van der Waals surface area contributed by atoms with Crippen LogP contribution in [0.4, 0.5) is 0 Å². The van der Waals surface area contributed by atoms with Crippen LogP contribution >= 0.6 is 0 Å². The zero-order valence-corrected chi connectivity index (χ0v) is 9.91. The third-order valence-electron chi connectivity index (χ3n) is 3.57. The zero-order valence-electron chi connectivity index (χ0n) is 9.91. The van der Waals surface area contributed by atoms with Crippen molar-refractivity contribution in [2.24, 2.45) is 5.73 Å². The van der Waals surface area contributed by atoms with Crippen LogP contribution in [0.15, 0.2) is 25.3 Å². The lowest BCUT2D eigenvalue weighted by molar-refractivity contribution is 0.0838. The minimum Gasteiger partial charge on any atom is -0.328 e. The molecule has 0 spiro atoms. The number of hydrogen-bond acceptors (Lipinski definition) is 2. The molecule has 2 heteroatoms. The third-order valence-corrected chi connectivity index (χ3v) is 3.57. The van der Waals surface area contributed by atoms with Crippen molar-refractivity contribution in [3.8, 4) is 0 Å². The quantitative estimate of drug-likeness (QED) is 0.703. The maximum atomic E-state index is 5.95. The molecule has 0 saturated heterocycles. The van der Waals surface area contributed by atoms with Crippen LogP contribution in [0.3, 0.4) is 0 Å². The molecule has 0 aliphatic heterocycles. The summed E-state index contributed by atoms with van der Waals surface area (Å²) in [7, 11) is 0. The van der Waals surface area contributed by atoms with Crippen molar-refractivity contribution in [1.29, 1.82) is 0 Å². The van der Waals surface area contributed by atoms with Crippen LogP contribution in [0.2, 0.25) is 0 Å². The summed E-state index contributed by atoms with van der Waals surface area (Å²) >= 11 is 0. The van der Waals surface area contributed by atoms with Gasteiger partial charge >= 0.3 is 0 Å². The number of hydrogen-bond donors (Lipinski definition) is 1. The van der Waals surface area contributed by atoms with E-state index in [1.165, 1.54) is 12.8 Å². The molecule has 0 aromatic rings. The Morgan fingerprint density at radius 2 is 1.73 bits per heavy atom. The zero-order chi connectivity index (χ0) is 11.3. The third kappa shape index (κ3) is 3.18. The van der Waals surface area contributed by atoms with Gasteiger partial charge < -0.3 is 5.73 Å². The van der Waals surface area contributed by atoms with E-state index in [4.69, 9.17) is 5.73 Å². The summed E-state index contributed by atoms with van der Waals surface area (Å²) in [6.45, 7) is 11.9. The van der Waals surface area contributed by atoms with Crippen LogP contribution in [0.1, 0.15) is 32.6 Å². The van der Waals surface area contributed by atoms with Gasteiger partial charge in [-0.3, -0.25) is 4.90 Å². The highest BCUT2D eigenvalue weighted by atomic mass is 15.2. The summed E-state index contributed by atoms with van der Waals surface area (Å²) in [5.41, 5.74) is 6.23. The van der Waals surface area contributed by atoms with Gasteiger partial charge in [-0.25, -0.2) is 0 Å². The van der Waals surface area contributed by atoms with E-state index >= 15 is 0 Å². The van der Waals surface area contributed by atoms with E-state index in [1.807, 2.05) is 12.2 Å². The van der Waals surface area contributed by atoms with Crippen molar-refractivity contribution in [2.45, 2.75) is 44.2 Å². The van der Waals surface area contributed by atoms with Crippen LogP contribution in [0, 0.1) is 0 Å². The van der Waals surface area contributed by atoms with Crippen molar-refractivity contribution >= 4 is 0 Å². The van der Waals surface area contributed by atoms with Crippen LogP contribution in [-0.2, 0) is 0 Å². The molecule has 0 heterocycles. The summed E-state index contributed by atoms with van der Waals surface area (Å²) in [6, 6.07) is 0.410. The molecule has 2 nitrogen and oxygen atoms in total. The van der Waals surface area contributed by atoms with E-state index in [9.17, 15) is 0 Å². The first-order chi connectivity index (χ1) is 7.12. The number of rotatable bonds is 5.